The number of nitrogens with zero attached hydrogens (tertiary/aromatic N) is 2. The zero-order valence-electron chi connectivity index (χ0n) is 8.61. The summed E-state index contributed by atoms with van der Waals surface area (Å²) in [7, 11) is 1.37. The summed E-state index contributed by atoms with van der Waals surface area (Å²) in [5.74, 6) is -0.319. The van der Waals surface area contributed by atoms with Gasteiger partial charge in [-0.25, -0.2) is 9.78 Å². The van der Waals surface area contributed by atoms with Crippen LogP contribution in [0.2, 0.25) is 0 Å². The van der Waals surface area contributed by atoms with Gasteiger partial charge in [-0.05, 0) is 13.8 Å². The number of hydrogen-bond donors (Lipinski definition) is 0. The minimum Gasteiger partial charge on any atom is -0.465 e. The van der Waals surface area contributed by atoms with Gasteiger partial charge in [0.25, 0.3) is 0 Å². The average Bonchev–Trinajstić information content (AvgIpc) is 2.68. The van der Waals surface area contributed by atoms with Crippen molar-refractivity contribution in [3.05, 3.63) is 11.1 Å². The molecule has 0 fully saturated rings. The van der Waals surface area contributed by atoms with Crippen LogP contribution >= 0.6 is 11.3 Å². The molecule has 0 N–H and O–H groups in total. The van der Waals surface area contributed by atoms with Gasteiger partial charge in [0, 0.05) is 13.1 Å². The largest absolute Gasteiger partial charge is 0.465 e. The standard InChI is InChI=1S/C9H14N2O2S/c1-4-11(5-2)9-10-6-7(14-9)8(12)13-3/h6H,4-5H2,1-3H3. The molecule has 14 heavy (non-hydrogen) atoms. The maximum Gasteiger partial charge on any atom is 0.349 e. The van der Waals surface area contributed by atoms with E-state index in [1.165, 1.54) is 18.4 Å². The first-order valence-corrected chi connectivity index (χ1v) is 5.33. The predicted octanol–water partition coefficient (Wildman–Crippen LogP) is 1.78. The molecule has 0 saturated heterocycles. The minimum absolute atomic E-state index is 0.319. The lowest BCUT2D eigenvalue weighted by Crippen LogP contribution is -2.21. The van der Waals surface area contributed by atoms with Crippen LogP contribution in [0.25, 0.3) is 0 Å². The number of esters is 1. The fourth-order valence-electron chi connectivity index (χ4n) is 1.10. The van der Waals surface area contributed by atoms with Crippen molar-refractivity contribution in [2.75, 3.05) is 25.1 Å². The molecule has 1 rings (SSSR count). The summed E-state index contributed by atoms with van der Waals surface area (Å²) in [6.45, 7) is 5.90. The zero-order chi connectivity index (χ0) is 10.6. The highest BCUT2D eigenvalue weighted by Gasteiger charge is 2.12. The normalized spacial score (nSPS) is 9.93. The molecule has 0 unspecified atom stereocenters. The van der Waals surface area contributed by atoms with Crippen molar-refractivity contribution in [2.45, 2.75) is 13.8 Å². The fraction of sp³-hybridized carbons (Fsp3) is 0.556. The molecule has 0 radical (unpaired) electrons. The molecule has 0 aliphatic carbocycles. The third-order valence-electron chi connectivity index (χ3n) is 1.91. The SMILES string of the molecule is CCN(CC)c1ncc(C(=O)OC)s1. The maximum absolute atomic E-state index is 11.2. The van der Waals surface area contributed by atoms with Gasteiger partial charge in [0.15, 0.2) is 5.13 Å². The van der Waals surface area contributed by atoms with E-state index >= 15 is 0 Å². The van der Waals surface area contributed by atoms with Gasteiger partial charge in [0.05, 0.1) is 13.3 Å². The molecule has 0 bridgehead atoms. The molecule has 0 amide bonds. The zero-order valence-corrected chi connectivity index (χ0v) is 9.43. The van der Waals surface area contributed by atoms with Crippen molar-refractivity contribution in [1.29, 1.82) is 0 Å². The lowest BCUT2D eigenvalue weighted by Gasteiger charge is -2.16. The number of ether oxygens (including phenoxy) is 1. The van der Waals surface area contributed by atoms with E-state index in [1.807, 2.05) is 0 Å². The number of anilines is 1. The second kappa shape index (κ2) is 4.95. The summed E-state index contributed by atoms with van der Waals surface area (Å²) in [6.07, 6.45) is 1.56. The Hall–Kier alpha value is -1.10. The third kappa shape index (κ3) is 2.23. The smallest absolute Gasteiger partial charge is 0.349 e. The van der Waals surface area contributed by atoms with Crippen molar-refractivity contribution in [1.82, 2.24) is 4.98 Å². The molecule has 78 valence electrons. The summed E-state index contributed by atoms with van der Waals surface area (Å²) < 4.78 is 4.61. The van der Waals surface area contributed by atoms with Crippen LogP contribution in [0.1, 0.15) is 23.5 Å². The van der Waals surface area contributed by atoms with E-state index in [0.717, 1.165) is 18.2 Å². The first-order chi connectivity index (χ1) is 6.72. The number of carbonyl (C=O) groups is 1. The van der Waals surface area contributed by atoms with Crippen LogP contribution in [0.3, 0.4) is 0 Å². The number of aromatic nitrogens is 1. The second-order valence-corrected chi connectivity index (χ2v) is 3.68. The van der Waals surface area contributed by atoms with Crippen LogP contribution in [-0.4, -0.2) is 31.2 Å². The lowest BCUT2D eigenvalue weighted by molar-refractivity contribution is 0.0606. The van der Waals surface area contributed by atoms with Crippen LogP contribution in [0.4, 0.5) is 5.13 Å². The molecule has 0 saturated carbocycles. The average molecular weight is 214 g/mol. The Morgan fingerprint density at radius 2 is 2.21 bits per heavy atom. The monoisotopic (exact) mass is 214 g/mol. The van der Waals surface area contributed by atoms with Crippen LogP contribution in [0.5, 0.6) is 0 Å². The molecule has 0 aliphatic heterocycles. The molecule has 1 heterocycles. The minimum atomic E-state index is -0.319. The van der Waals surface area contributed by atoms with E-state index in [4.69, 9.17) is 0 Å². The number of hydrogen-bond acceptors (Lipinski definition) is 5. The molecule has 0 atom stereocenters. The number of rotatable bonds is 4. The highest BCUT2D eigenvalue weighted by Crippen LogP contribution is 2.22. The summed E-state index contributed by atoms with van der Waals surface area (Å²) >= 11 is 1.36. The molecule has 0 aliphatic rings. The van der Waals surface area contributed by atoms with Crippen LogP contribution in [0, 0.1) is 0 Å². The lowest BCUT2D eigenvalue weighted by atomic mass is 10.5. The molecule has 0 spiro atoms. The van der Waals surface area contributed by atoms with Crippen molar-refractivity contribution in [3.8, 4) is 0 Å². The van der Waals surface area contributed by atoms with Gasteiger partial charge >= 0.3 is 5.97 Å². The Kier molecular flexibility index (Phi) is 3.88. The van der Waals surface area contributed by atoms with E-state index in [-0.39, 0.29) is 5.97 Å². The Balaban J connectivity index is 2.81. The van der Waals surface area contributed by atoms with Crippen LogP contribution < -0.4 is 4.90 Å². The van der Waals surface area contributed by atoms with Crippen LogP contribution in [-0.2, 0) is 4.74 Å². The molecule has 1 aromatic heterocycles. The summed E-state index contributed by atoms with van der Waals surface area (Å²) in [6, 6.07) is 0. The first-order valence-electron chi connectivity index (χ1n) is 4.52. The fourth-order valence-corrected chi connectivity index (χ4v) is 2.06. The summed E-state index contributed by atoms with van der Waals surface area (Å²) in [5.41, 5.74) is 0. The number of methoxy groups -OCH3 is 1. The van der Waals surface area contributed by atoms with Gasteiger partial charge in [0.2, 0.25) is 0 Å². The number of carbonyl (C=O) groups excluding carboxylic acids is 1. The highest BCUT2D eigenvalue weighted by molar-refractivity contribution is 7.17. The van der Waals surface area contributed by atoms with E-state index in [1.54, 1.807) is 6.20 Å². The molecule has 5 heteroatoms. The Morgan fingerprint density at radius 3 is 2.71 bits per heavy atom. The molecule has 0 aromatic carbocycles. The van der Waals surface area contributed by atoms with E-state index in [2.05, 4.69) is 28.5 Å². The summed E-state index contributed by atoms with van der Waals surface area (Å²) in [4.78, 5) is 18.0. The van der Waals surface area contributed by atoms with E-state index in [9.17, 15) is 4.79 Å². The van der Waals surface area contributed by atoms with Gasteiger partial charge in [0.1, 0.15) is 4.88 Å². The van der Waals surface area contributed by atoms with Gasteiger partial charge in [-0.2, -0.15) is 0 Å². The molecule has 4 nitrogen and oxygen atoms in total. The topological polar surface area (TPSA) is 42.4 Å². The van der Waals surface area contributed by atoms with E-state index in [0.29, 0.717) is 4.88 Å². The van der Waals surface area contributed by atoms with Crippen molar-refractivity contribution in [3.63, 3.8) is 0 Å². The van der Waals surface area contributed by atoms with Crippen molar-refractivity contribution >= 4 is 22.4 Å². The third-order valence-corrected chi connectivity index (χ3v) is 2.95. The highest BCUT2D eigenvalue weighted by atomic mass is 32.1. The van der Waals surface area contributed by atoms with Gasteiger partial charge < -0.3 is 9.64 Å². The number of thiazole rings is 1. The van der Waals surface area contributed by atoms with E-state index < -0.39 is 0 Å². The molecular formula is C9H14N2O2S. The van der Waals surface area contributed by atoms with Crippen molar-refractivity contribution < 1.29 is 9.53 Å². The second-order valence-electron chi connectivity index (χ2n) is 2.67. The predicted molar refractivity (Wildman–Crippen MR) is 57.0 cm³/mol. The Labute approximate surface area is 87.5 Å². The molecular weight excluding hydrogens is 200 g/mol. The van der Waals surface area contributed by atoms with Crippen LogP contribution in [0.15, 0.2) is 6.20 Å². The quantitative estimate of drug-likeness (QED) is 0.716. The first kappa shape index (κ1) is 11.0. The summed E-state index contributed by atoms with van der Waals surface area (Å²) in [5, 5.41) is 0.871. The molecule has 1 aromatic rings. The van der Waals surface area contributed by atoms with Gasteiger partial charge in [-0.3, -0.25) is 0 Å². The maximum atomic E-state index is 11.2. The van der Waals surface area contributed by atoms with Crippen molar-refractivity contribution in [2.24, 2.45) is 0 Å². The van der Waals surface area contributed by atoms with Gasteiger partial charge in [-0.1, -0.05) is 11.3 Å². The van der Waals surface area contributed by atoms with Gasteiger partial charge in [-0.15, -0.1) is 0 Å². The Bertz CT molecular complexity index is 308. The Morgan fingerprint density at radius 1 is 1.57 bits per heavy atom.